The smallest absolute Gasteiger partial charge is 0.239 e. The molecule has 1 fully saturated rings. The van der Waals surface area contributed by atoms with E-state index >= 15 is 0 Å². The first-order valence-electron chi connectivity index (χ1n) is 7.30. The van der Waals surface area contributed by atoms with Crippen LogP contribution in [0.4, 0.5) is 5.69 Å². The lowest BCUT2D eigenvalue weighted by Gasteiger charge is -2.37. The zero-order valence-corrected chi connectivity index (χ0v) is 16.5. The summed E-state index contributed by atoms with van der Waals surface area (Å²) in [6.07, 6.45) is 0. The van der Waals surface area contributed by atoms with E-state index in [4.69, 9.17) is 11.6 Å². The summed E-state index contributed by atoms with van der Waals surface area (Å²) in [5.41, 5.74) is 1.14. The van der Waals surface area contributed by atoms with Crippen molar-refractivity contribution in [3.05, 3.63) is 29.3 Å². The summed E-state index contributed by atoms with van der Waals surface area (Å²) < 4.78 is 0. The van der Waals surface area contributed by atoms with Crippen molar-refractivity contribution in [3.8, 4) is 0 Å². The van der Waals surface area contributed by atoms with Crippen LogP contribution in [0.15, 0.2) is 29.3 Å². The van der Waals surface area contributed by atoms with Crippen molar-refractivity contribution < 1.29 is 4.79 Å². The van der Waals surface area contributed by atoms with Gasteiger partial charge in [-0.25, -0.2) is 0 Å². The minimum atomic E-state index is -0.0567. The molecule has 2 N–H and O–H groups in total. The summed E-state index contributed by atoms with van der Waals surface area (Å²) in [6.45, 7) is 3.71. The molecule has 1 aliphatic rings. The number of carbonyl (C=O) groups is 1. The number of hydrogen-bond donors (Lipinski definition) is 2. The van der Waals surface area contributed by atoms with Crippen molar-refractivity contribution in [1.82, 2.24) is 15.5 Å². The molecule has 0 spiro atoms. The molecule has 0 radical (unpaired) electrons. The lowest BCUT2D eigenvalue weighted by Crippen LogP contribution is -2.53. The van der Waals surface area contributed by atoms with E-state index in [0.29, 0.717) is 0 Å². The van der Waals surface area contributed by atoms with E-state index in [1.807, 2.05) is 18.2 Å². The average molecular weight is 452 g/mol. The third-order valence-corrected chi connectivity index (χ3v) is 3.89. The summed E-state index contributed by atoms with van der Waals surface area (Å²) in [4.78, 5) is 20.0. The van der Waals surface area contributed by atoms with Crippen LogP contribution in [-0.4, -0.2) is 63.6 Å². The number of carbonyl (C=O) groups excluding carboxylic acids is 1. The van der Waals surface area contributed by atoms with Crippen molar-refractivity contribution >= 4 is 53.1 Å². The van der Waals surface area contributed by atoms with Crippen LogP contribution in [-0.2, 0) is 4.79 Å². The molecule has 1 saturated heterocycles. The fourth-order valence-electron chi connectivity index (χ4n) is 2.43. The molecule has 1 aromatic rings. The molecule has 1 aliphatic heterocycles. The van der Waals surface area contributed by atoms with Gasteiger partial charge < -0.3 is 20.4 Å². The minimum absolute atomic E-state index is 0. The minimum Gasteiger partial charge on any atom is -0.368 e. The SMILES string of the molecule is CN=C(NCC(=O)NC)N1CCN(c2cccc(Cl)c2)CC1.I. The van der Waals surface area contributed by atoms with Gasteiger partial charge in [0.25, 0.3) is 0 Å². The van der Waals surface area contributed by atoms with Crippen LogP contribution in [0.3, 0.4) is 0 Å². The lowest BCUT2D eigenvalue weighted by molar-refractivity contribution is -0.119. The maximum atomic E-state index is 11.3. The van der Waals surface area contributed by atoms with Crippen LogP contribution < -0.4 is 15.5 Å². The number of rotatable bonds is 3. The standard InChI is InChI=1S/C15H22ClN5O.HI/c1-17-14(22)11-19-15(18-2)21-8-6-20(7-9-21)13-5-3-4-12(16)10-13;/h3-5,10H,6-9,11H2,1-2H3,(H,17,22)(H,18,19);1H. The van der Waals surface area contributed by atoms with Crippen LogP contribution in [0.1, 0.15) is 0 Å². The Balaban J connectivity index is 0.00000264. The Morgan fingerprint density at radius 3 is 2.57 bits per heavy atom. The lowest BCUT2D eigenvalue weighted by atomic mass is 10.2. The van der Waals surface area contributed by atoms with Gasteiger partial charge in [-0.3, -0.25) is 9.79 Å². The molecule has 1 aromatic carbocycles. The molecule has 23 heavy (non-hydrogen) atoms. The number of amides is 1. The van der Waals surface area contributed by atoms with Crippen molar-refractivity contribution in [1.29, 1.82) is 0 Å². The predicted molar refractivity (Wildman–Crippen MR) is 106 cm³/mol. The number of likely N-dealkylation sites (N-methyl/N-ethyl adjacent to an activating group) is 1. The summed E-state index contributed by atoms with van der Waals surface area (Å²) in [7, 11) is 3.35. The zero-order valence-electron chi connectivity index (χ0n) is 13.4. The number of benzene rings is 1. The van der Waals surface area contributed by atoms with Gasteiger partial charge in [0.1, 0.15) is 0 Å². The molecule has 0 saturated carbocycles. The zero-order chi connectivity index (χ0) is 15.9. The van der Waals surface area contributed by atoms with Gasteiger partial charge in [-0.15, -0.1) is 24.0 Å². The van der Waals surface area contributed by atoms with E-state index in [-0.39, 0.29) is 36.4 Å². The highest BCUT2D eigenvalue weighted by molar-refractivity contribution is 14.0. The predicted octanol–water partition coefficient (Wildman–Crippen LogP) is 1.40. The van der Waals surface area contributed by atoms with Crippen LogP contribution >= 0.6 is 35.6 Å². The number of piperazine rings is 1. The third-order valence-electron chi connectivity index (χ3n) is 3.65. The third kappa shape index (κ3) is 5.72. The van der Waals surface area contributed by atoms with Gasteiger partial charge >= 0.3 is 0 Å². The Labute approximate surface area is 159 Å². The fraction of sp³-hybridized carbons (Fsp3) is 0.467. The second kappa shape index (κ2) is 9.82. The molecule has 6 nitrogen and oxygen atoms in total. The Morgan fingerprint density at radius 1 is 1.30 bits per heavy atom. The largest absolute Gasteiger partial charge is 0.368 e. The van der Waals surface area contributed by atoms with E-state index in [1.165, 1.54) is 0 Å². The first kappa shape index (κ1) is 19.8. The number of guanidine groups is 1. The van der Waals surface area contributed by atoms with Crippen LogP contribution in [0.5, 0.6) is 0 Å². The number of halogens is 2. The molecule has 0 aliphatic carbocycles. The Morgan fingerprint density at radius 2 is 2.00 bits per heavy atom. The molecule has 0 aromatic heterocycles. The molecule has 0 atom stereocenters. The second-order valence-electron chi connectivity index (χ2n) is 5.03. The molecular formula is C15H23ClIN5O. The van der Waals surface area contributed by atoms with E-state index in [1.54, 1.807) is 14.1 Å². The summed E-state index contributed by atoms with van der Waals surface area (Å²) in [5, 5.41) is 6.42. The van der Waals surface area contributed by atoms with E-state index in [9.17, 15) is 4.79 Å². The molecule has 0 unspecified atom stereocenters. The maximum absolute atomic E-state index is 11.3. The fourth-order valence-corrected chi connectivity index (χ4v) is 2.61. The quantitative estimate of drug-likeness (QED) is 0.414. The highest BCUT2D eigenvalue weighted by atomic mass is 127. The molecule has 128 valence electrons. The topological polar surface area (TPSA) is 60.0 Å². The summed E-state index contributed by atoms with van der Waals surface area (Å²) in [5.74, 6) is 0.702. The van der Waals surface area contributed by atoms with Gasteiger partial charge in [-0.05, 0) is 18.2 Å². The van der Waals surface area contributed by atoms with E-state index < -0.39 is 0 Å². The second-order valence-corrected chi connectivity index (χ2v) is 5.46. The maximum Gasteiger partial charge on any atom is 0.239 e. The molecule has 1 heterocycles. The highest BCUT2D eigenvalue weighted by Crippen LogP contribution is 2.20. The van der Waals surface area contributed by atoms with Gasteiger partial charge in [0, 0.05) is 51.0 Å². The molecule has 8 heteroatoms. The normalized spacial score (nSPS) is 15.0. The molecular weight excluding hydrogens is 429 g/mol. The Hall–Kier alpha value is -1.22. The van der Waals surface area contributed by atoms with Crippen molar-refractivity contribution in [2.75, 3.05) is 51.7 Å². The van der Waals surface area contributed by atoms with Crippen LogP contribution in [0.25, 0.3) is 0 Å². The van der Waals surface area contributed by atoms with Gasteiger partial charge in [-0.1, -0.05) is 17.7 Å². The number of anilines is 1. The van der Waals surface area contributed by atoms with Crippen LogP contribution in [0, 0.1) is 0 Å². The van der Waals surface area contributed by atoms with E-state index in [2.05, 4.69) is 31.5 Å². The van der Waals surface area contributed by atoms with E-state index in [0.717, 1.165) is 42.8 Å². The van der Waals surface area contributed by atoms with Crippen molar-refractivity contribution in [2.45, 2.75) is 0 Å². The Bertz CT molecular complexity index is 546. The van der Waals surface area contributed by atoms with Crippen molar-refractivity contribution in [3.63, 3.8) is 0 Å². The number of nitrogens with zero attached hydrogens (tertiary/aromatic N) is 3. The first-order chi connectivity index (χ1) is 10.6. The average Bonchev–Trinajstić information content (AvgIpc) is 2.55. The molecule has 2 rings (SSSR count). The molecule has 1 amide bonds. The van der Waals surface area contributed by atoms with Gasteiger partial charge in [0.2, 0.25) is 5.91 Å². The first-order valence-corrected chi connectivity index (χ1v) is 7.68. The molecule has 0 bridgehead atoms. The number of nitrogens with one attached hydrogen (secondary N) is 2. The Kier molecular flexibility index (Phi) is 8.46. The monoisotopic (exact) mass is 451 g/mol. The van der Waals surface area contributed by atoms with Crippen molar-refractivity contribution in [2.24, 2.45) is 4.99 Å². The highest BCUT2D eigenvalue weighted by Gasteiger charge is 2.20. The van der Waals surface area contributed by atoms with Gasteiger partial charge in [0.15, 0.2) is 5.96 Å². The summed E-state index contributed by atoms with van der Waals surface area (Å²) >= 11 is 6.05. The number of aliphatic imine (C=N–C) groups is 1. The number of hydrogen-bond acceptors (Lipinski definition) is 3. The summed E-state index contributed by atoms with van der Waals surface area (Å²) in [6, 6.07) is 7.90. The van der Waals surface area contributed by atoms with Gasteiger partial charge in [-0.2, -0.15) is 0 Å². The van der Waals surface area contributed by atoms with Gasteiger partial charge in [0.05, 0.1) is 6.54 Å². The van der Waals surface area contributed by atoms with Crippen LogP contribution in [0.2, 0.25) is 5.02 Å².